The van der Waals surface area contributed by atoms with E-state index in [0.29, 0.717) is 10.7 Å². The van der Waals surface area contributed by atoms with Gasteiger partial charge in [0.15, 0.2) is 0 Å². The molecular formula is C15H16ClN3O3. The Morgan fingerprint density at radius 2 is 2.05 bits per heavy atom. The number of carbonyl (C=O) groups excluding carboxylic acids is 2. The SMILES string of the molecule is C[C@@H](NC(=O)c1cc(-c2cccc(Cl)c2)no1)C(=O)N(C)C. The predicted octanol–water partition coefficient (Wildman–Crippen LogP) is 2.20. The number of hydrogen-bond acceptors (Lipinski definition) is 4. The van der Waals surface area contributed by atoms with Crippen LogP contribution >= 0.6 is 11.6 Å². The van der Waals surface area contributed by atoms with Crippen molar-refractivity contribution in [3.05, 3.63) is 41.1 Å². The first-order chi connectivity index (χ1) is 10.4. The lowest BCUT2D eigenvalue weighted by atomic mass is 10.1. The molecule has 7 heteroatoms. The molecule has 2 rings (SSSR count). The molecule has 0 unspecified atom stereocenters. The van der Waals surface area contributed by atoms with Gasteiger partial charge in [0.05, 0.1) is 0 Å². The van der Waals surface area contributed by atoms with E-state index >= 15 is 0 Å². The highest BCUT2D eigenvalue weighted by Gasteiger charge is 2.21. The predicted molar refractivity (Wildman–Crippen MR) is 82.6 cm³/mol. The van der Waals surface area contributed by atoms with E-state index in [2.05, 4.69) is 10.5 Å². The molecule has 1 aromatic carbocycles. The summed E-state index contributed by atoms with van der Waals surface area (Å²) in [6.07, 6.45) is 0. The van der Waals surface area contributed by atoms with Gasteiger partial charge >= 0.3 is 0 Å². The van der Waals surface area contributed by atoms with Crippen molar-refractivity contribution in [2.75, 3.05) is 14.1 Å². The molecule has 2 aromatic rings. The standard InChI is InChI=1S/C15H16ClN3O3/c1-9(15(21)19(2)3)17-14(20)13-8-12(18-22-13)10-5-4-6-11(16)7-10/h4-9H,1-3H3,(H,17,20)/t9-/m1/s1. The second kappa shape index (κ2) is 6.62. The molecule has 1 atom stereocenters. The number of halogens is 1. The summed E-state index contributed by atoms with van der Waals surface area (Å²) in [5.74, 6) is -0.667. The summed E-state index contributed by atoms with van der Waals surface area (Å²) < 4.78 is 5.03. The van der Waals surface area contributed by atoms with Crippen molar-refractivity contribution < 1.29 is 14.1 Å². The maximum atomic E-state index is 12.1. The van der Waals surface area contributed by atoms with Crippen molar-refractivity contribution in [2.24, 2.45) is 0 Å². The number of benzene rings is 1. The van der Waals surface area contributed by atoms with Gasteiger partial charge in [-0.25, -0.2) is 0 Å². The number of aromatic nitrogens is 1. The minimum Gasteiger partial charge on any atom is -0.350 e. The van der Waals surface area contributed by atoms with Crippen molar-refractivity contribution in [3.8, 4) is 11.3 Å². The first-order valence-corrected chi connectivity index (χ1v) is 7.01. The van der Waals surface area contributed by atoms with Gasteiger partial charge in [-0.3, -0.25) is 9.59 Å². The Morgan fingerprint density at radius 1 is 1.32 bits per heavy atom. The molecule has 0 saturated heterocycles. The quantitative estimate of drug-likeness (QED) is 0.936. The molecule has 0 aliphatic heterocycles. The summed E-state index contributed by atoms with van der Waals surface area (Å²) in [6.45, 7) is 1.61. The molecule has 1 N–H and O–H groups in total. The van der Waals surface area contributed by atoms with Gasteiger partial charge in [0.1, 0.15) is 11.7 Å². The van der Waals surface area contributed by atoms with Crippen LogP contribution in [0.4, 0.5) is 0 Å². The lowest BCUT2D eigenvalue weighted by molar-refractivity contribution is -0.130. The van der Waals surface area contributed by atoms with Crippen LogP contribution < -0.4 is 5.32 Å². The summed E-state index contributed by atoms with van der Waals surface area (Å²) in [5, 5.41) is 6.98. The molecule has 116 valence electrons. The Kier molecular flexibility index (Phi) is 4.82. The highest BCUT2D eigenvalue weighted by atomic mass is 35.5. The van der Waals surface area contributed by atoms with Gasteiger partial charge in [0, 0.05) is 30.7 Å². The molecule has 1 aromatic heterocycles. The van der Waals surface area contributed by atoms with Crippen LogP contribution in [0.5, 0.6) is 0 Å². The number of carbonyl (C=O) groups is 2. The molecule has 0 radical (unpaired) electrons. The number of amides is 2. The summed E-state index contributed by atoms with van der Waals surface area (Å²) in [5.41, 5.74) is 1.24. The van der Waals surface area contributed by atoms with Gasteiger partial charge < -0.3 is 14.7 Å². The topological polar surface area (TPSA) is 75.4 Å². The van der Waals surface area contributed by atoms with Crippen molar-refractivity contribution >= 4 is 23.4 Å². The molecule has 0 spiro atoms. The minimum atomic E-state index is -0.651. The van der Waals surface area contributed by atoms with Gasteiger partial charge in [-0.1, -0.05) is 28.9 Å². The third-order valence-corrected chi connectivity index (χ3v) is 3.25. The van der Waals surface area contributed by atoms with E-state index in [1.807, 2.05) is 6.07 Å². The van der Waals surface area contributed by atoms with Gasteiger partial charge in [0.2, 0.25) is 11.7 Å². The zero-order valence-corrected chi connectivity index (χ0v) is 13.2. The van der Waals surface area contributed by atoms with Gasteiger partial charge in [0.25, 0.3) is 5.91 Å². The van der Waals surface area contributed by atoms with Crippen LogP contribution in [-0.4, -0.2) is 42.0 Å². The van der Waals surface area contributed by atoms with E-state index in [9.17, 15) is 9.59 Å². The fourth-order valence-corrected chi connectivity index (χ4v) is 2.07. The third kappa shape index (κ3) is 3.65. The van der Waals surface area contributed by atoms with Gasteiger partial charge in [-0.15, -0.1) is 0 Å². The summed E-state index contributed by atoms with van der Waals surface area (Å²) in [4.78, 5) is 25.2. The van der Waals surface area contributed by atoms with Crippen molar-refractivity contribution in [3.63, 3.8) is 0 Å². The molecule has 1 heterocycles. The van der Waals surface area contributed by atoms with E-state index in [4.69, 9.17) is 16.1 Å². The second-order valence-electron chi connectivity index (χ2n) is 5.01. The third-order valence-electron chi connectivity index (χ3n) is 3.01. The van der Waals surface area contributed by atoms with Crippen molar-refractivity contribution in [1.29, 1.82) is 0 Å². The Bertz CT molecular complexity index is 697. The molecule has 0 aliphatic rings. The molecule has 2 amide bonds. The lowest BCUT2D eigenvalue weighted by Crippen LogP contribution is -2.44. The largest absolute Gasteiger partial charge is 0.350 e. The van der Waals surface area contributed by atoms with E-state index in [0.717, 1.165) is 5.56 Å². The molecule has 0 aliphatic carbocycles. The Hall–Kier alpha value is -2.34. The molecule has 0 bridgehead atoms. The zero-order valence-electron chi connectivity index (χ0n) is 12.5. The average molecular weight is 322 g/mol. The molecule has 0 fully saturated rings. The van der Waals surface area contributed by atoms with Crippen molar-refractivity contribution in [1.82, 2.24) is 15.4 Å². The minimum absolute atomic E-state index is 0.0355. The highest BCUT2D eigenvalue weighted by molar-refractivity contribution is 6.30. The van der Waals surface area contributed by atoms with Crippen LogP contribution in [0, 0.1) is 0 Å². The van der Waals surface area contributed by atoms with Crippen LogP contribution in [0.2, 0.25) is 5.02 Å². The maximum absolute atomic E-state index is 12.1. The monoisotopic (exact) mass is 321 g/mol. The van der Waals surface area contributed by atoms with Crippen LogP contribution in [0.15, 0.2) is 34.9 Å². The number of likely N-dealkylation sites (N-methyl/N-ethyl adjacent to an activating group) is 1. The van der Waals surface area contributed by atoms with E-state index in [1.165, 1.54) is 11.0 Å². The van der Waals surface area contributed by atoms with Crippen LogP contribution in [-0.2, 0) is 4.79 Å². The molecule has 22 heavy (non-hydrogen) atoms. The van der Waals surface area contributed by atoms with E-state index in [1.54, 1.807) is 39.2 Å². The Morgan fingerprint density at radius 3 is 2.68 bits per heavy atom. The summed E-state index contributed by atoms with van der Waals surface area (Å²) >= 11 is 5.92. The number of nitrogens with one attached hydrogen (secondary N) is 1. The Balaban J connectivity index is 2.11. The van der Waals surface area contributed by atoms with Crippen molar-refractivity contribution in [2.45, 2.75) is 13.0 Å². The van der Waals surface area contributed by atoms with E-state index in [-0.39, 0.29) is 11.7 Å². The van der Waals surface area contributed by atoms with Crippen LogP contribution in [0.25, 0.3) is 11.3 Å². The summed E-state index contributed by atoms with van der Waals surface area (Å²) in [6, 6.07) is 7.91. The van der Waals surface area contributed by atoms with Gasteiger partial charge in [-0.2, -0.15) is 0 Å². The smallest absolute Gasteiger partial charge is 0.290 e. The molecule has 0 saturated carbocycles. The highest BCUT2D eigenvalue weighted by Crippen LogP contribution is 2.22. The lowest BCUT2D eigenvalue weighted by Gasteiger charge is -2.17. The number of hydrogen-bond donors (Lipinski definition) is 1. The van der Waals surface area contributed by atoms with Crippen LogP contribution in [0.1, 0.15) is 17.5 Å². The Labute approximate surface area is 133 Å². The average Bonchev–Trinajstić information content (AvgIpc) is 2.96. The first-order valence-electron chi connectivity index (χ1n) is 6.63. The number of nitrogens with zero attached hydrogens (tertiary/aromatic N) is 2. The van der Waals surface area contributed by atoms with E-state index < -0.39 is 11.9 Å². The summed E-state index contributed by atoms with van der Waals surface area (Å²) in [7, 11) is 3.24. The molecule has 6 nitrogen and oxygen atoms in total. The van der Waals surface area contributed by atoms with Crippen LogP contribution in [0.3, 0.4) is 0 Å². The first kappa shape index (κ1) is 16.0. The fourth-order valence-electron chi connectivity index (χ4n) is 1.88. The van der Waals surface area contributed by atoms with Gasteiger partial charge in [-0.05, 0) is 19.1 Å². The normalized spacial score (nSPS) is 11.8. The number of rotatable bonds is 4. The molecular weight excluding hydrogens is 306 g/mol. The zero-order chi connectivity index (χ0) is 16.3. The fraction of sp³-hybridized carbons (Fsp3) is 0.267. The maximum Gasteiger partial charge on any atom is 0.290 e. The second-order valence-corrected chi connectivity index (χ2v) is 5.45.